The molecule has 3 rings (SSSR count). The van der Waals surface area contributed by atoms with Crippen molar-refractivity contribution in [1.29, 1.82) is 0 Å². The number of aromatic nitrogens is 3. The van der Waals surface area contributed by atoms with E-state index in [1.807, 2.05) is 19.9 Å². The van der Waals surface area contributed by atoms with Gasteiger partial charge in [-0.3, -0.25) is 9.59 Å². The minimum atomic E-state index is -0.287. The predicted octanol–water partition coefficient (Wildman–Crippen LogP) is 4.37. The van der Waals surface area contributed by atoms with Crippen LogP contribution < -0.4 is 0 Å². The van der Waals surface area contributed by atoms with Gasteiger partial charge in [0, 0.05) is 29.2 Å². The lowest BCUT2D eigenvalue weighted by Crippen LogP contribution is -2.31. The summed E-state index contributed by atoms with van der Waals surface area (Å²) in [5.74, 6) is -0.0649. The summed E-state index contributed by atoms with van der Waals surface area (Å²) in [6.45, 7) is 4.85. The van der Waals surface area contributed by atoms with Gasteiger partial charge in [-0.1, -0.05) is 41.9 Å². The molecular weight excluding hydrogens is 411 g/mol. The summed E-state index contributed by atoms with van der Waals surface area (Å²) in [7, 11) is 0. The van der Waals surface area contributed by atoms with Crippen LogP contribution in [-0.2, 0) is 5.88 Å². The van der Waals surface area contributed by atoms with Crippen LogP contribution >= 0.6 is 23.2 Å². The molecule has 0 atom stereocenters. The summed E-state index contributed by atoms with van der Waals surface area (Å²) in [6, 6.07) is 13.8. The molecule has 1 aromatic heterocycles. The van der Waals surface area contributed by atoms with E-state index in [0.717, 1.165) is 0 Å². The van der Waals surface area contributed by atoms with Crippen molar-refractivity contribution >= 4 is 34.9 Å². The summed E-state index contributed by atoms with van der Waals surface area (Å²) in [6.07, 6.45) is 0. The smallest absolute Gasteiger partial charge is 0.293 e. The van der Waals surface area contributed by atoms with E-state index in [4.69, 9.17) is 23.2 Å². The van der Waals surface area contributed by atoms with Crippen LogP contribution in [0.4, 0.5) is 0 Å². The van der Waals surface area contributed by atoms with E-state index in [-0.39, 0.29) is 23.4 Å². The third-order valence-electron chi connectivity index (χ3n) is 4.50. The Labute approximate surface area is 179 Å². The minimum Gasteiger partial charge on any atom is -0.336 e. The number of benzene rings is 2. The fraction of sp³-hybridized carbons (Fsp3) is 0.238. The molecular formula is C21H20Cl2N4O2. The number of carbonyl (C=O) groups is 2. The molecule has 2 aromatic carbocycles. The highest BCUT2D eigenvalue weighted by Gasteiger charge is 2.23. The van der Waals surface area contributed by atoms with Crippen molar-refractivity contribution < 1.29 is 9.59 Å². The highest BCUT2D eigenvalue weighted by atomic mass is 35.5. The number of hydrogen-bond acceptors (Lipinski definition) is 4. The van der Waals surface area contributed by atoms with Crippen LogP contribution in [0.25, 0.3) is 5.69 Å². The molecule has 150 valence electrons. The highest BCUT2D eigenvalue weighted by molar-refractivity contribution is 6.31. The van der Waals surface area contributed by atoms with E-state index in [1.165, 1.54) is 4.68 Å². The zero-order chi connectivity index (χ0) is 21.0. The Morgan fingerprint density at radius 3 is 2.38 bits per heavy atom. The number of hydrogen-bond donors (Lipinski definition) is 0. The van der Waals surface area contributed by atoms with E-state index in [2.05, 4.69) is 10.1 Å². The molecule has 3 aromatic rings. The third kappa shape index (κ3) is 4.33. The Balaban J connectivity index is 2.12. The van der Waals surface area contributed by atoms with Gasteiger partial charge in [-0.05, 0) is 32.0 Å². The predicted molar refractivity (Wildman–Crippen MR) is 113 cm³/mol. The van der Waals surface area contributed by atoms with Crippen molar-refractivity contribution in [1.82, 2.24) is 19.7 Å². The van der Waals surface area contributed by atoms with E-state index >= 15 is 0 Å². The molecule has 0 radical (unpaired) electrons. The van der Waals surface area contributed by atoms with Gasteiger partial charge in [-0.2, -0.15) is 0 Å². The second kappa shape index (κ2) is 9.20. The van der Waals surface area contributed by atoms with Crippen molar-refractivity contribution in [3.8, 4) is 5.69 Å². The van der Waals surface area contributed by atoms with Crippen molar-refractivity contribution in [2.75, 3.05) is 13.1 Å². The number of alkyl halides is 1. The summed E-state index contributed by atoms with van der Waals surface area (Å²) >= 11 is 12.2. The molecule has 0 aliphatic carbocycles. The Morgan fingerprint density at radius 2 is 1.76 bits per heavy atom. The van der Waals surface area contributed by atoms with Gasteiger partial charge in [-0.25, -0.2) is 9.67 Å². The second-order valence-corrected chi connectivity index (χ2v) is 6.93. The monoisotopic (exact) mass is 430 g/mol. The minimum absolute atomic E-state index is 0.0279. The van der Waals surface area contributed by atoms with Crippen LogP contribution in [0.15, 0.2) is 48.5 Å². The van der Waals surface area contributed by atoms with Gasteiger partial charge in [0.2, 0.25) is 5.82 Å². The number of carbonyl (C=O) groups excluding carboxylic acids is 2. The van der Waals surface area contributed by atoms with E-state index in [1.54, 1.807) is 47.4 Å². The molecule has 0 spiro atoms. The fourth-order valence-electron chi connectivity index (χ4n) is 2.99. The largest absolute Gasteiger partial charge is 0.336 e. The number of rotatable bonds is 7. The van der Waals surface area contributed by atoms with E-state index in [9.17, 15) is 9.59 Å². The van der Waals surface area contributed by atoms with Crippen molar-refractivity contribution in [3.05, 3.63) is 76.3 Å². The normalized spacial score (nSPS) is 10.8. The molecule has 6 nitrogen and oxygen atoms in total. The van der Waals surface area contributed by atoms with Crippen molar-refractivity contribution in [2.24, 2.45) is 0 Å². The molecule has 1 amide bonds. The van der Waals surface area contributed by atoms with Crippen molar-refractivity contribution in [2.45, 2.75) is 19.7 Å². The Morgan fingerprint density at radius 1 is 1.07 bits per heavy atom. The molecule has 0 aliphatic heterocycles. The highest BCUT2D eigenvalue weighted by Crippen LogP contribution is 2.24. The Bertz CT molecular complexity index is 1030. The summed E-state index contributed by atoms with van der Waals surface area (Å²) in [4.78, 5) is 31.7. The fourth-order valence-corrected chi connectivity index (χ4v) is 3.33. The molecule has 0 aliphatic rings. The number of halogens is 2. The maximum Gasteiger partial charge on any atom is 0.293 e. The summed E-state index contributed by atoms with van der Waals surface area (Å²) < 4.78 is 1.44. The average molecular weight is 431 g/mol. The molecule has 0 unspecified atom stereocenters. The maximum atomic E-state index is 13.1. The summed E-state index contributed by atoms with van der Waals surface area (Å²) in [5.41, 5.74) is 1.33. The standard InChI is InChI=1S/C21H20Cl2N4O2/c1-3-26(4-2)21(29)20-24-18(13-22)27(25-20)17-11-10-15(23)12-16(17)19(28)14-8-6-5-7-9-14/h5-12H,3-4,13H2,1-2H3. The van der Waals surface area contributed by atoms with Gasteiger partial charge in [0.25, 0.3) is 5.91 Å². The quantitative estimate of drug-likeness (QED) is 0.412. The first-order chi connectivity index (χ1) is 14.0. The Kier molecular flexibility index (Phi) is 6.67. The second-order valence-electron chi connectivity index (χ2n) is 6.23. The van der Waals surface area contributed by atoms with Gasteiger partial charge in [-0.15, -0.1) is 16.7 Å². The third-order valence-corrected chi connectivity index (χ3v) is 4.98. The van der Waals surface area contributed by atoms with Crippen LogP contribution in [0.5, 0.6) is 0 Å². The van der Waals surface area contributed by atoms with Crippen LogP contribution in [0.3, 0.4) is 0 Å². The zero-order valence-electron chi connectivity index (χ0n) is 16.1. The first-order valence-corrected chi connectivity index (χ1v) is 10.1. The van der Waals surface area contributed by atoms with Gasteiger partial charge in [0.1, 0.15) is 5.82 Å². The number of ketones is 1. The molecule has 8 heteroatoms. The van der Waals surface area contributed by atoms with Crippen LogP contribution in [0, 0.1) is 0 Å². The molecule has 0 fully saturated rings. The molecule has 0 bridgehead atoms. The molecule has 0 saturated heterocycles. The Hall–Kier alpha value is -2.70. The van der Waals surface area contributed by atoms with Gasteiger partial charge in [0.05, 0.1) is 11.6 Å². The van der Waals surface area contributed by atoms with Gasteiger partial charge < -0.3 is 4.90 Å². The first-order valence-electron chi connectivity index (χ1n) is 9.21. The number of amides is 1. The molecule has 29 heavy (non-hydrogen) atoms. The summed E-state index contributed by atoms with van der Waals surface area (Å²) in [5, 5.41) is 4.79. The zero-order valence-corrected chi connectivity index (χ0v) is 17.6. The van der Waals surface area contributed by atoms with Gasteiger partial charge >= 0.3 is 0 Å². The topological polar surface area (TPSA) is 68.1 Å². The van der Waals surface area contributed by atoms with Gasteiger partial charge in [0.15, 0.2) is 5.78 Å². The lowest BCUT2D eigenvalue weighted by molar-refractivity contribution is 0.0760. The number of nitrogens with zero attached hydrogens (tertiary/aromatic N) is 4. The lowest BCUT2D eigenvalue weighted by atomic mass is 10.0. The average Bonchev–Trinajstić information content (AvgIpc) is 3.19. The SMILES string of the molecule is CCN(CC)C(=O)c1nc(CCl)n(-c2ccc(Cl)cc2C(=O)c2ccccc2)n1. The van der Waals surface area contributed by atoms with Crippen LogP contribution in [0.2, 0.25) is 5.02 Å². The molecule has 1 heterocycles. The lowest BCUT2D eigenvalue weighted by Gasteiger charge is -2.16. The maximum absolute atomic E-state index is 13.1. The van der Waals surface area contributed by atoms with E-state index in [0.29, 0.717) is 40.8 Å². The van der Waals surface area contributed by atoms with E-state index < -0.39 is 0 Å². The first kappa shape index (κ1) is 21.0. The molecule has 0 N–H and O–H groups in total. The van der Waals surface area contributed by atoms with Crippen LogP contribution in [0.1, 0.15) is 46.2 Å². The molecule has 0 saturated carbocycles. The van der Waals surface area contributed by atoms with Crippen LogP contribution in [-0.4, -0.2) is 44.4 Å². The van der Waals surface area contributed by atoms with Crippen molar-refractivity contribution in [3.63, 3.8) is 0 Å².